The highest BCUT2D eigenvalue weighted by atomic mass is 16.5. The zero-order valence-electron chi connectivity index (χ0n) is 12.7. The SMILES string of the molecule is COc1ccccc1/C(C)=C/C(=O)Nc1cccc(CO)c1. The molecule has 0 radical (unpaired) electrons. The van der Waals surface area contributed by atoms with Crippen LogP contribution in [0.2, 0.25) is 0 Å². The first-order valence-corrected chi connectivity index (χ1v) is 6.96. The minimum Gasteiger partial charge on any atom is -0.496 e. The van der Waals surface area contributed by atoms with Gasteiger partial charge in [0.25, 0.3) is 0 Å². The summed E-state index contributed by atoms with van der Waals surface area (Å²) in [6.45, 7) is 1.81. The number of para-hydroxylation sites is 1. The van der Waals surface area contributed by atoms with Crippen LogP contribution in [0.3, 0.4) is 0 Å². The van der Waals surface area contributed by atoms with E-state index in [1.54, 1.807) is 31.4 Å². The zero-order valence-corrected chi connectivity index (χ0v) is 12.7. The van der Waals surface area contributed by atoms with Gasteiger partial charge in [-0.25, -0.2) is 0 Å². The topological polar surface area (TPSA) is 58.6 Å². The third-order valence-corrected chi connectivity index (χ3v) is 3.26. The zero-order chi connectivity index (χ0) is 15.9. The number of nitrogens with one attached hydrogen (secondary N) is 1. The van der Waals surface area contributed by atoms with Gasteiger partial charge in [0.05, 0.1) is 13.7 Å². The molecule has 0 aliphatic rings. The van der Waals surface area contributed by atoms with E-state index in [0.717, 1.165) is 22.4 Å². The number of aliphatic hydroxyl groups is 1. The summed E-state index contributed by atoms with van der Waals surface area (Å²) < 4.78 is 5.30. The average Bonchev–Trinajstić information content (AvgIpc) is 2.54. The van der Waals surface area contributed by atoms with E-state index in [1.165, 1.54) is 6.08 Å². The number of aliphatic hydroxyl groups excluding tert-OH is 1. The van der Waals surface area contributed by atoms with Crippen LogP contribution < -0.4 is 10.1 Å². The fourth-order valence-electron chi connectivity index (χ4n) is 2.17. The Balaban J connectivity index is 2.15. The Morgan fingerprint density at radius 3 is 2.73 bits per heavy atom. The third-order valence-electron chi connectivity index (χ3n) is 3.26. The molecule has 4 heteroatoms. The van der Waals surface area contributed by atoms with E-state index in [4.69, 9.17) is 9.84 Å². The van der Waals surface area contributed by atoms with Crippen molar-refractivity contribution in [3.8, 4) is 5.75 Å². The average molecular weight is 297 g/mol. The van der Waals surface area contributed by atoms with Crippen LogP contribution in [0.25, 0.3) is 5.57 Å². The van der Waals surface area contributed by atoms with E-state index in [9.17, 15) is 4.79 Å². The maximum Gasteiger partial charge on any atom is 0.248 e. The number of amides is 1. The van der Waals surface area contributed by atoms with Crippen molar-refractivity contribution in [2.24, 2.45) is 0 Å². The van der Waals surface area contributed by atoms with E-state index >= 15 is 0 Å². The second-order valence-electron chi connectivity index (χ2n) is 4.88. The van der Waals surface area contributed by atoms with Gasteiger partial charge in [0.1, 0.15) is 5.75 Å². The number of methoxy groups -OCH3 is 1. The van der Waals surface area contributed by atoms with Gasteiger partial charge in [0.2, 0.25) is 5.91 Å². The molecule has 2 aromatic rings. The van der Waals surface area contributed by atoms with Gasteiger partial charge in [-0.1, -0.05) is 30.3 Å². The molecule has 0 spiro atoms. The quantitative estimate of drug-likeness (QED) is 0.833. The minimum atomic E-state index is -0.224. The number of ether oxygens (including phenoxy) is 1. The summed E-state index contributed by atoms with van der Waals surface area (Å²) in [5.41, 5.74) is 3.10. The summed E-state index contributed by atoms with van der Waals surface area (Å²) in [6, 6.07) is 14.7. The molecule has 0 heterocycles. The predicted molar refractivity (Wildman–Crippen MR) is 87.6 cm³/mol. The van der Waals surface area contributed by atoms with Crippen LogP contribution >= 0.6 is 0 Å². The maximum absolute atomic E-state index is 12.1. The molecule has 0 bridgehead atoms. The monoisotopic (exact) mass is 297 g/mol. The van der Waals surface area contributed by atoms with Crippen molar-refractivity contribution >= 4 is 17.2 Å². The fraction of sp³-hybridized carbons (Fsp3) is 0.167. The van der Waals surface area contributed by atoms with Gasteiger partial charge in [0.15, 0.2) is 0 Å². The van der Waals surface area contributed by atoms with E-state index in [2.05, 4.69) is 5.32 Å². The van der Waals surface area contributed by atoms with Crippen molar-refractivity contribution in [2.75, 3.05) is 12.4 Å². The highest BCUT2D eigenvalue weighted by Crippen LogP contribution is 2.25. The van der Waals surface area contributed by atoms with Crippen LogP contribution in [0.5, 0.6) is 5.75 Å². The Labute approximate surface area is 130 Å². The predicted octanol–water partition coefficient (Wildman–Crippen LogP) is 3.23. The molecule has 22 heavy (non-hydrogen) atoms. The Bertz CT molecular complexity index is 692. The summed E-state index contributed by atoms with van der Waals surface area (Å²) in [5, 5.41) is 11.9. The fourth-order valence-corrected chi connectivity index (χ4v) is 2.17. The first-order chi connectivity index (χ1) is 10.6. The lowest BCUT2D eigenvalue weighted by molar-refractivity contribution is -0.111. The molecule has 1 amide bonds. The van der Waals surface area contributed by atoms with Gasteiger partial charge in [-0.15, -0.1) is 0 Å². The van der Waals surface area contributed by atoms with Crippen molar-refractivity contribution in [1.82, 2.24) is 0 Å². The normalized spacial score (nSPS) is 11.1. The molecule has 2 N–H and O–H groups in total. The van der Waals surface area contributed by atoms with Crippen LogP contribution in [0.15, 0.2) is 54.6 Å². The van der Waals surface area contributed by atoms with Gasteiger partial charge in [-0.2, -0.15) is 0 Å². The largest absolute Gasteiger partial charge is 0.496 e. The lowest BCUT2D eigenvalue weighted by Crippen LogP contribution is -2.09. The Hall–Kier alpha value is -2.59. The summed E-state index contributed by atoms with van der Waals surface area (Å²) in [7, 11) is 1.60. The van der Waals surface area contributed by atoms with Gasteiger partial charge in [-0.3, -0.25) is 4.79 Å². The van der Waals surface area contributed by atoms with E-state index in [1.807, 2.05) is 31.2 Å². The second kappa shape index (κ2) is 7.43. The second-order valence-corrected chi connectivity index (χ2v) is 4.88. The number of benzene rings is 2. The molecule has 0 aliphatic carbocycles. The number of hydrogen-bond donors (Lipinski definition) is 2. The van der Waals surface area contributed by atoms with Crippen molar-refractivity contribution in [3.05, 3.63) is 65.7 Å². The molecule has 0 atom stereocenters. The number of hydrogen-bond acceptors (Lipinski definition) is 3. The van der Waals surface area contributed by atoms with Crippen LogP contribution in [0.1, 0.15) is 18.1 Å². The maximum atomic E-state index is 12.1. The molecule has 114 valence electrons. The molecule has 0 saturated heterocycles. The molecule has 2 rings (SSSR count). The molecule has 2 aromatic carbocycles. The lowest BCUT2D eigenvalue weighted by Gasteiger charge is -2.09. The molecular formula is C18H19NO3. The van der Waals surface area contributed by atoms with Crippen LogP contribution in [0.4, 0.5) is 5.69 Å². The van der Waals surface area contributed by atoms with Crippen LogP contribution in [0, 0.1) is 0 Å². The third kappa shape index (κ3) is 3.96. The Morgan fingerprint density at radius 1 is 1.23 bits per heavy atom. The number of carbonyl (C=O) groups is 1. The van der Waals surface area contributed by atoms with Crippen LogP contribution in [-0.4, -0.2) is 18.1 Å². The van der Waals surface area contributed by atoms with Crippen LogP contribution in [-0.2, 0) is 11.4 Å². The van der Waals surface area contributed by atoms with Crippen molar-refractivity contribution < 1.29 is 14.6 Å². The van der Waals surface area contributed by atoms with Crippen molar-refractivity contribution in [1.29, 1.82) is 0 Å². The van der Waals surface area contributed by atoms with Gasteiger partial charge in [-0.05, 0) is 36.3 Å². The molecule has 0 unspecified atom stereocenters. The van der Waals surface area contributed by atoms with E-state index in [-0.39, 0.29) is 12.5 Å². The summed E-state index contributed by atoms with van der Waals surface area (Å²) in [5.74, 6) is 0.504. The molecule has 0 saturated carbocycles. The van der Waals surface area contributed by atoms with E-state index in [0.29, 0.717) is 5.69 Å². The highest BCUT2D eigenvalue weighted by molar-refractivity contribution is 6.04. The van der Waals surface area contributed by atoms with Gasteiger partial charge in [0, 0.05) is 17.3 Å². The van der Waals surface area contributed by atoms with Crippen molar-refractivity contribution in [2.45, 2.75) is 13.5 Å². The Morgan fingerprint density at radius 2 is 2.00 bits per heavy atom. The molecule has 0 fully saturated rings. The minimum absolute atomic E-state index is 0.0558. The lowest BCUT2D eigenvalue weighted by atomic mass is 10.1. The molecule has 0 aromatic heterocycles. The summed E-state index contributed by atoms with van der Waals surface area (Å²) >= 11 is 0. The molecular weight excluding hydrogens is 278 g/mol. The first kappa shape index (κ1) is 15.8. The number of carbonyl (C=O) groups excluding carboxylic acids is 1. The van der Waals surface area contributed by atoms with Crippen molar-refractivity contribution in [3.63, 3.8) is 0 Å². The number of rotatable bonds is 5. The summed E-state index contributed by atoms with van der Waals surface area (Å²) in [6.07, 6.45) is 1.53. The van der Waals surface area contributed by atoms with E-state index < -0.39 is 0 Å². The number of anilines is 1. The van der Waals surface area contributed by atoms with Gasteiger partial charge < -0.3 is 15.2 Å². The standard InChI is InChI=1S/C18H19NO3/c1-13(16-8-3-4-9-17(16)22-2)10-18(21)19-15-7-5-6-14(11-15)12-20/h3-11,20H,12H2,1-2H3,(H,19,21)/b13-10+. The first-order valence-electron chi connectivity index (χ1n) is 6.96. The highest BCUT2D eigenvalue weighted by Gasteiger charge is 2.06. The smallest absolute Gasteiger partial charge is 0.248 e. The van der Waals surface area contributed by atoms with Gasteiger partial charge >= 0.3 is 0 Å². The summed E-state index contributed by atoms with van der Waals surface area (Å²) in [4.78, 5) is 12.1. The molecule has 4 nitrogen and oxygen atoms in total. The number of allylic oxidation sites excluding steroid dienone is 1. The Kier molecular flexibility index (Phi) is 5.33. The molecule has 0 aliphatic heterocycles.